The number of aromatic nitrogens is 1. The zero-order valence-electron chi connectivity index (χ0n) is 6.46. The number of aromatic hydroxyl groups is 1. The van der Waals surface area contributed by atoms with Crippen LogP contribution in [0.15, 0.2) is 28.9 Å². The first-order valence-corrected chi connectivity index (χ1v) is 4.78. The summed E-state index contributed by atoms with van der Waals surface area (Å²) < 4.78 is 0.877. The second-order valence-corrected chi connectivity index (χ2v) is 3.97. The van der Waals surface area contributed by atoms with Gasteiger partial charge >= 0.3 is 0 Å². The number of halogens is 2. The fourth-order valence-corrected chi connectivity index (χ4v) is 1.62. The predicted molar refractivity (Wildman–Crippen MR) is 56.1 cm³/mol. The van der Waals surface area contributed by atoms with Crippen LogP contribution in [0.25, 0.3) is 10.9 Å². The van der Waals surface area contributed by atoms with Gasteiger partial charge in [0.25, 0.3) is 0 Å². The molecule has 1 aromatic carbocycles. The van der Waals surface area contributed by atoms with E-state index in [9.17, 15) is 5.11 Å². The molecule has 2 rings (SSSR count). The van der Waals surface area contributed by atoms with Crippen LogP contribution in [0.3, 0.4) is 0 Å². The second kappa shape index (κ2) is 3.16. The lowest BCUT2D eigenvalue weighted by atomic mass is 10.2. The summed E-state index contributed by atoms with van der Waals surface area (Å²) in [5, 5.41) is 10.5. The van der Waals surface area contributed by atoms with Crippen LogP contribution in [0, 0.1) is 0 Å². The summed E-state index contributed by atoms with van der Waals surface area (Å²) in [7, 11) is 0. The molecule has 1 heterocycles. The summed E-state index contributed by atoms with van der Waals surface area (Å²) in [5.74, 6) is 0.0778. The molecule has 0 spiro atoms. The van der Waals surface area contributed by atoms with Crippen molar-refractivity contribution in [2.24, 2.45) is 0 Å². The molecule has 0 aliphatic carbocycles. The van der Waals surface area contributed by atoms with E-state index < -0.39 is 0 Å². The van der Waals surface area contributed by atoms with Crippen LogP contribution in [-0.4, -0.2) is 10.1 Å². The molecule has 4 heteroatoms. The molecule has 0 saturated carbocycles. The van der Waals surface area contributed by atoms with Crippen molar-refractivity contribution in [2.75, 3.05) is 0 Å². The Morgan fingerprint density at radius 1 is 1.31 bits per heavy atom. The lowest BCUT2D eigenvalue weighted by Crippen LogP contribution is -1.79. The highest BCUT2D eigenvalue weighted by molar-refractivity contribution is 9.10. The molecule has 0 saturated heterocycles. The van der Waals surface area contributed by atoms with E-state index in [4.69, 9.17) is 11.6 Å². The molecule has 0 bridgehead atoms. The highest BCUT2D eigenvalue weighted by atomic mass is 79.9. The van der Waals surface area contributed by atoms with Crippen LogP contribution in [0.5, 0.6) is 5.75 Å². The smallest absolute Gasteiger partial charge is 0.134 e. The molecule has 1 aromatic heterocycles. The van der Waals surface area contributed by atoms with Crippen molar-refractivity contribution >= 4 is 38.4 Å². The molecule has 0 fully saturated rings. The molecule has 0 aliphatic heterocycles. The van der Waals surface area contributed by atoms with Crippen LogP contribution in [-0.2, 0) is 0 Å². The lowest BCUT2D eigenvalue weighted by molar-refractivity contribution is 0.476. The Labute approximate surface area is 88.3 Å². The molecule has 0 amide bonds. The third kappa shape index (κ3) is 1.62. The predicted octanol–water partition coefficient (Wildman–Crippen LogP) is 3.36. The normalized spacial score (nSPS) is 10.6. The Morgan fingerprint density at radius 2 is 2.08 bits per heavy atom. The van der Waals surface area contributed by atoms with E-state index in [0.29, 0.717) is 5.02 Å². The van der Waals surface area contributed by atoms with Crippen LogP contribution in [0.4, 0.5) is 0 Å². The van der Waals surface area contributed by atoms with E-state index in [0.717, 1.165) is 15.4 Å². The van der Waals surface area contributed by atoms with Gasteiger partial charge in [0.05, 0.1) is 10.5 Å². The van der Waals surface area contributed by atoms with E-state index in [1.54, 1.807) is 18.3 Å². The SMILES string of the molecule is Oc1cc2cc(Br)cnc2cc1Cl. The highest BCUT2D eigenvalue weighted by Gasteiger charge is 2.02. The Kier molecular flexibility index (Phi) is 2.14. The standard InChI is InChI=1S/C9H5BrClNO/c10-6-1-5-2-9(13)7(11)3-8(5)12-4-6/h1-4,13H. The van der Waals surface area contributed by atoms with Crippen LogP contribution in [0.2, 0.25) is 5.02 Å². The minimum absolute atomic E-state index is 0.0778. The summed E-state index contributed by atoms with van der Waals surface area (Å²) in [5.41, 5.74) is 0.769. The summed E-state index contributed by atoms with van der Waals surface area (Å²) in [6, 6.07) is 5.10. The van der Waals surface area contributed by atoms with Crippen LogP contribution in [0.1, 0.15) is 0 Å². The molecular formula is C9H5BrClNO. The lowest BCUT2D eigenvalue weighted by Gasteiger charge is -2.00. The van der Waals surface area contributed by atoms with Crippen molar-refractivity contribution < 1.29 is 5.11 Å². The Bertz CT molecular complexity index is 472. The largest absolute Gasteiger partial charge is 0.506 e. The van der Waals surface area contributed by atoms with Gasteiger partial charge in [-0.3, -0.25) is 4.98 Å². The average Bonchev–Trinajstić information content (AvgIpc) is 2.08. The summed E-state index contributed by atoms with van der Waals surface area (Å²) in [4.78, 5) is 4.14. The Balaban J connectivity index is 2.81. The molecule has 0 unspecified atom stereocenters. The average molecular weight is 259 g/mol. The Hall–Kier alpha value is -0.800. The van der Waals surface area contributed by atoms with Gasteiger partial charge in [-0.1, -0.05) is 11.6 Å². The van der Waals surface area contributed by atoms with Gasteiger partial charge in [-0.2, -0.15) is 0 Å². The van der Waals surface area contributed by atoms with Crippen molar-refractivity contribution in [3.8, 4) is 5.75 Å². The summed E-state index contributed by atoms with van der Waals surface area (Å²) >= 11 is 9.02. The monoisotopic (exact) mass is 257 g/mol. The molecular weight excluding hydrogens is 253 g/mol. The summed E-state index contributed by atoms with van der Waals surface area (Å²) in [6.07, 6.45) is 1.69. The molecule has 0 radical (unpaired) electrons. The van der Waals surface area contributed by atoms with E-state index in [1.165, 1.54) is 0 Å². The maximum atomic E-state index is 9.33. The number of fused-ring (bicyclic) bond motifs is 1. The van der Waals surface area contributed by atoms with Crippen LogP contribution < -0.4 is 0 Å². The number of pyridine rings is 1. The molecule has 13 heavy (non-hydrogen) atoms. The molecule has 66 valence electrons. The maximum absolute atomic E-state index is 9.33. The van der Waals surface area contributed by atoms with Gasteiger partial charge in [-0.15, -0.1) is 0 Å². The first kappa shape index (κ1) is 8.78. The molecule has 0 atom stereocenters. The van der Waals surface area contributed by atoms with Gasteiger partial charge in [0.15, 0.2) is 0 Å². The molecule has 1 N–H and O–H groups in total. The number of benzene rings is 1. The van der Waals surface area contributed by atoms with Crippen molar-refractivity contribution in [3.05, 3.63) is 33.9 Å². The van der Waals surface area contributed by atoms with Gasteiger partial charge in [-0.05, 0) is 34.1 Å². The van der Waals surface area contributed by atoms with E-state index >= 15 is 0 Å². The van der Waals surface area contributed by atoms with Gasteiger partial charge in [0, 0.05) is 16.1 Å². The van der Waals surface area contributed by atoms with Crippen molar-refractivity contribution in [2.45, 2.75) is 0 Å². The van der Waals surface area contributed by atoms with Crippen molar-refractivity contribution in [1.82, 2.24) is 4.98 Å². The fourth-order valence-electron chi connectivity index (χ4n) is 1.11. The first-order valence-electron chi connectivity index (χ1n) is 3.60. The van der Waals surface area contributed by atoms with E-state index in [2.05, 4.69) is 20.9 Å². The second-order valence-electron chi connectivity index (χ2n) is 2.65. The van der Waals surface area contributed by atoms with E-state index in [-0.39, 0.29) is 5.75 Å². The number of phenols is 1. The van der Waals surface area contributed by atoms with Gasteiger partial charge in [0.1, 0.15) is 5.75 Å². The first-order chi connectivity index (χ1) is 6.16. The van der Waals surface area contributed by atoms with Gasteiger partial charge < -0.3 is 5.11 Å². The van der Waals surface area contributed by atoms with Crippen LogP contribution >= 0.6 is 27.5 Å². The number of phenolic OH excluding ortho intramolecular Hbond substituents is 1. The minimum atomic E-state index is 0.0778. The third-order valence-electron chi connectivity index (χ3n) is 1.72. The maximum Gasteiger partial charge on any atom is 0.134 e. The van der Waals surface area contributed by atoms with E-state index in [1.807, 2.05) is 6.07 Å². The third-order valence-corrected chi connectivity index (χ3v) is 2.45. The zero-order valence-corrected chi connectivity index (χ0v) is 8.80. The van der Waals surface area contributed by atoms with Gasteiger partial charge in [-0.25, -0.2) is 0 Å². The number of nitrogens with zero attached hydrogens (tertiary/aromatic N) is 1. The topological polar surface area (TPSA) is 33.1 Å². The molecule has 2 aromatic rings. The Morgan fingerprint density at radius 3 is 2.85 bits per heavy atom. The molecule has 2 nitrogen and oxygen atoms in total. The number of rotatable bonds is 0. The summed E-state index contributed by atoms with van der Waals surface area (Å²) in [6.45, 7) is 0. The fraction of sp³-hybridized carbons (Fsp3) is 0. The number of hydrogen-bond acceptors (Lipinski definition) is 2. The molecule has 0 aliphatic rings. The highest BCUT2D eigenvalue weighted by Crippen LogP contribution is 2.28. The zero-order chi connectivity index (χ0) is 9.42. The van der Waals surface area contributed by atoms with Crippen molar-refractivity contribution in [3.63, 3.8) is 0 Å². The minimum Gasteiger partial charge on any atom is -0.506 e. The number of hydrogen-bond donors (Lipinski definition) is 1. The van der Waals surface area contributed by atoms with Gasteiger partial charge in [0.2, 0.25) is 0 Å². The van der Waals surface area contributed by atoms with Crippen molar-refractivity contribution in [1.29, 1.82) is 0 Å². The quantitative estimate of drug-likeness (QED) is 0.786.